The van der Waals surface area contributed by atoms with E-state index in [1.807, 2.05) is 4.90 Å². The quantitative estimate of drug-likeness (QED) is 0.345. The summed E-state index contributed by atoms with van der Waals surface area (Å²) in [5.74, 6) is 1.99. The average Bonchev–Trinajstić information content (AvgIpc) is 3.30. The Morgan fingerprint density at radius 1 is 1.03 bits per heavy atom. The number of benzene rings is 1. The Hall–Kier alpha value is -3.00. The molecule has 1 aliphatic heterocycles. The van der Waals surface area contributed by atoms with Crippen LogP contribution in [0.2, 0.25) is 0 Å². The Kier molecular flexibility index (Phi) is 7.54. The summed E-state index contributed by atoms with van der Waals surface area (Å²) in [7, 11) is 1.61. The van der Waals surface area contributed by atoms with Gasteiger partial charge in [-0.3, -0.25) is 9.59 Å². The number of amides is 1. The van der Waals surface area contributed by atoms with E-state index >= 15 is 0 Å². The first-order chi connectivity index (χ1) is 16.1. The Labute approximate surface area is 198 Å². The van der Waals surface area contributed by atoms with E-state index in [9.17, 15) is 9.59 Å². The minimum atomic E-state index is 0.106. The van der Waals surface area contributed by atoms with Crippen molar-refractivity contribution >= 4 is 39.1 Å². The molecule has 0 aliphatic carbocycles. The largest absolute Gasteiger partial charge is 0.497 e. The Balaban J connectivity index is 1.22. The lowest BCUT2D eigenvalue weighted by Gasteiger charge is -2.35. The number of nitrogens with zero attached hydrogens (tertiary/aromatic N) is 4. The number of aryl methyl sites for hydroxylation is 1. The lowest BCUT2D eigenvalue weighted by molar-refractivity contribution is -0.131. The maximum atomic E-state index is 12.7. The van der Waals surface area contributed by atoms with Crippen molar-refractivity contribution in [3.8, 4) is 5.75 Å². The predicted octanol–water partition coefficient (Wildman–Crippen LogP) is 4.35. The summed E-state index contributed by atoms with van der Waals surface area (Å²) in [5.41, 5.74) is 0.689. The van der Waals surface area contributed by atoms with Crippen molar-refractivity contribution < 1.29 is 14.3 Å². The van der Waals surface area contributed by atoms with Gasteiger partial charge in [-0.15, -0.1) is 11.3 Å². The lowest BCUT2D eigenvalue weighted by Crippen LogP contribution is -2.49. The molecule has 1 aromatic carbocycles. The van der Waals surface area contributed by atoms with Gasteiger partial charge >= 0.3 is 0 Å². The molecule has 2 aromatic heterocycles. The fraction of sp³-hybridized carbons (Fsp3) is 0.440. The minimum Gasteiger partial charge on any atom is -0.497 e. The zero-order valence-electron chi connectivity index (χ0n) is 19.2. The van der Waals surface area contributed by atoms with Crippen LogP contribution in [-0.2, 0) is 11.2 Å². The number of carbonyl (C=O) groups is 2. The summed E-state index contributed by atoms with van der Waals surface area (Å²) in [6.45, 7) is 5.08. The lowest BCUT2D eigenvalue weighted by atomic mass is 10.0. The van der Waals surface area contributed by atoms with Gasteiger partial charge in [-0.25, -0.2) is 9.97 Å². The van der Waals surface area contributed by atoms with E-state index in [-0.39, 0.29) is 11.7 Å². The number of unbranched alkanes of at least 4 members (excludes halogenated alkanes) is 1. The molecular formula is C25H30N4O3S. The number of methoxy groups -OCH3 is 1. The standard InChI is InChI=1S/C25H30N4O3S/c1-3-20-16-21-24(26-17-27-25(21)33-20)29-14-12-28(13-15-29)23(31)7-5-4-6-22(30)18-8-10-19(32-2)11-9-18/h8-11,16-17H,3-7,12-15H2,1-2H3. The van der Waals surface area contributed by atoms with Gasteiger partial charge in [0.1, 0.15) is 22.7 Å². The van der Waals surface area contributed by atoms with Crippen LogP contribution in [-0.4, -0.2) is 59.8 Å². The molecule has 0 N–H and O–H groups in total. The molecule has 3 heterocycles. The Morgan fingerprint density at radius 3 is 2.45 bits per heavy atom. The van der Waals surface area contributed by atoms with Gasteiger partial charge in [0, 0.05) is 49.5 Å². The molecule has 174 valence electrons. The smallest absolute Gasteiger partial charge is 0.222 e. The number of ether oxygens (including phenoxy) is 1. The molecule has 3 aromatic rings. The van der Waals surface area contributed by atoms with Crippen molar-refractivity contribution in [1.29, 1.82) is 0 Å². The van der Waals surface area contributed by atoms with Crippen LogP contribution in [0.15, 0.2) is 36.7 Å². The number of aromatic nitrogens is 2. The predicted molar refractivity (Wildman–Crippen MR) is 131 cm³/mol. The number of hydrogen-bond donors (Lipinski definition) is 0. The van der Waals surface area contributed by atoms with Crippen LogP contribution < -0.4 is 9.64 Å². The molecule has 0 bridgehead atoms. The fourth-order valence-corrected chi connectivity index (χ4v) is 5.06. The van der Waals surface area contributed by atoms with Crippen LogP contribution >= 0.6 is 11.3 Å². The van der Waals surface area contributed by atoms with E-state index < -0.39 is 0 Å². The SMILES string of the molecule is CCc1cc2c(N3CCN(C(=O)CCCCC(=O)c4ccc(OC)cc4)CC3)ncnc2s1. The highest BCUT2D eigenvalue weighted by molar-refractivity contribution is 7.18. The van der Waals surface area contributed by atoms with Crippen LogP contribution in [0, 0.1) is 0 Å². The number of anilines is 1. The van der Waals surface area contributed by atoms with Gasteiger partial charge in [0.2, 0.25) is 5.91 Å². The van der Waals surface area contributed by atoms with Crippen molar-refractivity contribution in [3.63, 3.8) is 0 Å². The third-order valence-electron chi connectivity index (χ3n) is 6.10. The second kappa shape index (κ2) is 10.7. The van der Waals surface area contributed by atoms with E-state index in [1.54, 1.807) is 49.0 Å². The highest BCUT2D eigenvalue weighted by Gasteiger charge is 2.23. The number of piperazine rings is 1. The monoisotopic (exact) mass is 466 g/mol. The average molecular weight is 467 g/mol. The summed E-state index contributed by atoms with van der Waals surface area (Å²) in [5, 5.41) is 1.11. The van der Waals surface area contributed by atoms with Crippen molar-refractivity contribution in [2.45, 2.75) is 39.0 Å². The molecule has 1 saturated heterocycles. The van der Waals surface area contributed by atoms with Crippen LogP contribution in [0.25, 0.3) is 10.2 Å². The first-order valence-electron chi connectivity index (χ1n) is 11.5. The summed E-state index contributed by atoms with van der Waals surface area (Å²) in [4.78, 5) is 40.5. The van der Waals surface area contributed by atoms with Crippen LogP contribution in [0.4, 0.5) is 5.82 Å². The normalized spacial score (nSPS) is 14.0. The molecular weight excluding hydrogens is 436 g/mol. The fourth-order valence-electron chi connectivity index (χ4n) is 4.13. The van der Waals surface area contributed by atoms with Crippen molar-refractivity contribution in [3.05, 3.63) is 47.1 Å². The molecule has 33 heavy (non-hydrogen) atoms. The van der Waals surface area contributed by atoms with E-state index in [0.29, 0.717) is 37.9 Å². The maximum Gasteiger partial charge on any atom is 0.222 e. The van der Waals surface area contributed by atoms with Crippen molar-refractivity contribution in [2.75, 3.05) is 38.2 Å². The zero-order valence-corrected chi connectivity index (χ0v) is 20.1. The number of fused-ring (bicyclic) bond motifs is 1. The molecule has 0 unspecified atom stereocenters. The topological polar surface area (TPSA) is 75.6 Å². The van der Waals surface area contributed by atoms with Gasteiger partial charge in [0.05, 0.1) is 12.5 Å². The summed E-state index contributed by atoms with van der Waals surface area (Å²) >= 11 is 1.72. The summed E-state index contributed by atoms with van der Waals surface area (Å²) < 4.78 is 5.13. The molecule has 0 spiro atoms. The van der Waals surface area contributed by atoms with Crippen molar-refractivity contribution in [2.24, 2.45) is 0 Å². The van der Waals surface area contributed by atoms with Gasteiger partial charge < -0.3 is 14.5 Å². The number of Topliss-reactive ketones (excluding diaryl/α,β-unsaturated/α-hetero) is 1. The van der Waals surface area contributed by atoms with E-state index in [2.05, 4.69) is 27.9 Å². The number of hydrogen-bond acceptors (Lipinski definition) is 7. The molecule has 8 heteroatoms. The number of thiophene rings is 1. The molecule has 0 radical (unpaired) electrons. The molecule has 4 rings (SSSR count). The highest BCUT2D eigenvalue weighted by atomic mass is 32.1. The number of rotatable bonds is 9. The first kappa shape index (κ1) is 23.2. The zero-order chi connectivity index (χ0) is 23.2. The van der Waals surface area contributed by atoms with Crippen LogP contribution in [0.5, 0.6) is 5.75 Å². The van der Waals surface area contributed by atoms with Gasteiger partial charge in [0.15, 0.2) is 5.78 Å². The third kappa shape index (κ3) is 5.50. The molecule has 1 aliphatic rings. The Morgan fingerprint density at radius 2 is 1.76 bits per heavy atom. The van der Waals surface area contributed by atoms with E-state index in [1.165, 1.54) is 4.88 Å². The highest BCUT2D eigenvalue weighted by Crippen LogP contribution is 2.31. The second-order valence-corrected chi connectivity index (χ2v) is 9.32. The van der Waals surface area contributed by atoms with Gasteiger partial charge in [-0.2, -0.15) is 0 Å². The van der Waals surface area contributed by atoms with E-state index in [4.69, 9.17) is 4.74 Å². The maximum absolute atomic E-state index is 12.7. The number of carbonyl (C=O) groups excluding carboxylic acids is 2. The van der Waals surface area contributed by atoms with Crippen LogP contribution in [0.3, 0.4) is 0 Å². The molecule has 1 fully saturated rings. The summed E-state index contributed by atoms with van der Waals surface area (Å²) in [6.07, 6.45) is 5.01. The Bertz CT molecular complexity index is 1100. The minimum absolute atomic E-state index is 0.106. The number of ketones is 1. The van der Waals surface area contributed by atoms with Crippen LogP contribution in [0.1, 0.15) is 47.8 Å². The van der Waals surface area contributed by atoms with E-state index in [0.717, 1.165) is 47.7 Å². The molecule has 0 atom stereocenters. The second-order valence-electron chi connectivity index (χ2n) is 8.21. The summed E-state index contributed by atoms with van der Waals surface area (Å²) in [6, 6.07) is 9.36. The van der Waals surface area contributed by atoms with Gasteiger partial charge in [0.25, 0.3) is 0 Å². The third-order valence-corrected chi connectivity index (χ3v) is 7.28. The molecule has 7 nitrogen and oxygen atoms in total. The molecule has 0 saturated carbocycles. The van der Waals surface area contributed by atoms with Gasteiger partial charge in [-0.1, -0.05) is 6.92 Å². The van der Waals surface area contributed by atoms with Crippen molar-refractivity contribution in [1.82, 2.24) is 14.9 Å². The van der Waals surface area contributed by atoms with Gasteiger partial charge in [-0.05, 0) is 49.6 Å². The first-order valence-corrected chi connectivity index (χ1v) is 12.3. The molecule has 1 amide bonds.